The van der Waals surface area contributed by atoms with E-state index in [9.17, 15) is 9.59 Å². The first-order chi connectivity index (χ1) is 10.1. The molecule has 0 atom stereocenters. The van der Waals surface area contributed by atoms with Crippen molar-refractivity contribution in [3.05, 3.63) is 41.5 Å². The Morgan fingerprint density at radius 3 is 2.67 bits per heavy atom. The van der Waals surface area contributed by atoms with Crippen molar-refractivity contribution in [3.8, 4) is 0 Å². The second-order valence-electron chi connectivity index (χ2n) is 5.10. The number of hydrogen-bond acceptors (Lipinski definition) is 3. The lowest BCUT2D eigenvalue weighted by atomic mass is 9.91. The molecular formula is C16H19NO4. The van der Waals surface area contributed by atoms with Crippen LogP contribution in [0.1, 0.15) is 35.2 Å². The number of aliphatic carboxylic acids is 1. The number of carboxylic acids is 1. The van der Waals surface area contributed by atoms with Crippen LogP contribution in [0.3, 0.4) is 0 Å². The van der Waals surface area contributed by atoms with Crippen molar-refractivity contribution in [3.63, 3.8) is 0 Å². The predicted octanol–water partition coefficient (Wildman–Crippen LogP) is 1.77. The van der Waals surface area contributed by atoms with Crippen LogP contribution in [-0.4, -0.2) is 46.2 Å². The summed E-state index contributed by atoms with van der Waals surface area (Å²) in [7, 11) is 0. The number of nitrogens with zero attached hydrogens (tertiary/aromatic N) is 1. The summed E-state index contributed by atoms with van der Waals surface area (Å²) in [5.41, 5.74) is 1.18. The molecule has 0 spiro atoms. The fourth-order valence-electron chi connectivity index (χ4n) is 2.36. The van der Waals surface area contributed by atoms with Crippen LogP contribution in [0.15, 0.2) is 30.3 Å². The molecule has 21 heavy (non-hydrogen) atoms. The van der Waals surface area contributed by atoms with Gasteiger partial charge in [-0.15, -0.1) is 0 Å². The third kappa shape index (κ3) is 3.92. The van der Waals surface area contributed by atoms with Crippen molar-refractivity contribution < 1.29 is 19.8 Å². The lowest BCUT2D eigenvalue weighted by Gasteiger charge is -2.37. The summed E-state index contributed by atoms with van der Waals surface area (Å²) in [6.07, 6.45) is 5.57. The van der Waals surface area contributed by atoms with Crippen LogP contribution in [0.5, 0.6) is 0 Å². The van der Waals surface area contributed by atoms with E-state index in [1.807, 2.05) is 0 Å². The van der Waals surface area contributed by atoms with Crippen molar-refractivity contribution >= 4 is 18.0 Å². The Hall–Kier alpha value is -2.14. The summed E-state index contributed by atoms with van der Waals surface area (Å²) < 4.78 is 0. The van der Waals surface area contributed by atoms with Gasteiger partial charge in [-0.3, -0.25) is 4.79 Å². The smallest absolute Gasteiger partial charge is 0.328 e. The molecule has 1 amide bonds. The Morgan fingerprint density at radius 1 is 1.33 bits per heavy atom. The van der Waals surface area contributed by atoms with E-state index in [1.54, 1.807) is 29.2 Å². The minimum atomic E-state index is -1.02. The second-order valence-corrected chi connectivity index (χ2v) is 5.10. The van der Waals surface area contributed by atoms with Crippen molar-refractivity contribution in [1.82, 2.24) is 4.90 Å². The number of rotatable bonds is 6. The van der Waals surface area contributed by atoms with E-state index < -0.39 is 5.97 Å². The van der Waals surface area contributed by atoms with Crippen LogP contribution in [0.2, 0.25) is 0 Å². The third-order valence-corrected chi connectivity index (χ3v) is 3.67. The highest BCUT2D eigenvalue weighted by Crippen LogP contribution is 2.26. The lowest BCUT2D eigenvalue weighted by Crippen LogP contribution is -2.45. The van der Waals surface area contributed by atoms with E-state index in [-0.39, 0.29) is 18.6 Å². The minimum Gasteiger partial charge on any atom is -0.478 e. The fourth-order valence-corrected chi connectivity index (χ4v) is 2.36. The molecule has 5 nitrogen and oxygen atoms in total. The molecule has 1 fully saturated rings. The number of benzene rings is 1. The largest absolute Gasteiger partial charge is 0.478 e. The van der Waals surface area contributed by atoms with Crippen LogP contribution < -0.4 is 0 Å². The van der Waals surface area contributed by atoms with Crippen LogP contribution >= 0.6 is 0 Å². The first-order valence-electron chi connectivity index (χ1n) is 7.04. The number of aliphatic hydroxyl groups excluding tert-OH is 1. The Kier molecular flexibility index (Phi) is 5.11. The monoisotopic (exact) mass is 289 g/mol. The van der Waals surface area contributed by atoms with Gasteiger partial charge in [0.05, 0.1) is 6.61 Å². The number of carboxylic acid groups (broad SMARTS) is 1. The highest BCUT2D eigenvalue weighted by atomic mass is 16.4. The molecule has 0 aliphatic heterocycles. The maximum atomic E-state index is 12.5. The maximum Gasteiger partial charge on any atom is 0.328 e. The van der Waals surface area contributed by atoms with Gasteiger partial charge >= 0.3 is 5.97 Å². The van der Waals surface area contributed by atoms with E-state index in [1.165, 1.54) is 6.08 Å². The molecule has 2 N–H and O–H groups in total. The van der Waals surface area contributed by atoms with Gasteiger partial charge in [0.1, 0.15) is 0 Å². The Morgan fingerprint density at radius 2 is 2.10 bits per heavy atom. The first-order valence-corrected chi connectivity index (χ1v) is 7.04. The molecule has 0 radical (unpaired) electrons. The molecule has 0 heterocycles. The molecule has 1 aromatic carbocycles. The van der Waals surface area contributed by atoms with E-state index in [0.717, 1.165) is 25.3 Å². The number of aliphatic hydroxyl groups is 1. The first kappa shape index (κ1) is 15.3. The molecule has 2 rings (SSSR count). The summed E-state index contributed by atoms with van der Waals surface area (Å²) in [5.74, 6) is -1.14. The second kappa shape index (κ2) is 7.04. The van der Waals surface area contributed by atoms with Crippen LogP contribution in [0, 0.1) is 0 Å². The van der Waals surface area contributed by atoms with Gasteiger partial charge in [-0.1, -0.05) is 12.1 Å². The van der Waals surface area contributed by atoms with E-state index in [2.05, 4.69) is 0 Å². The molecule has 0 unspecified atom stereocenters. The van der Waals surface area contributed by atoms with Crippen LogP contribution in [-0.2, 0) is 4.79 Å². The highest BCUT2D eigenvalue weighted by Gasteiger charge is 2.28. The minimum absolute atomic E-state index is 0.0547. The van der Waals surface area contributed by atoms with E-state index in [0.29, 0.717) is 17.7 Å². The quantitative estimate of drug-likeness (QED) is 0.782. The van der Waals surface area contributed by atoms with Gasteiger partial charge < -0.3 is 15.1 Å². The number of hydrogen-bond donors (Lipinski definition) is 2. The zero-order chi connectivity index (χ0) is 15.2. The fraction of sp³-hybridized carbons (Fsp3) is 0.375. The van der Waals surface area contributed by atoms with Crippen molar-refractivity contribution in [2.24, 2.45) is 0 Å². The maximum absolute atomic E-state index is 12.5. The third-order valence-electron chi connectivity index (χ3n) is 3.67. The molecule has 1 saturated carbocycles. The van der Waals surface area contributed by atoms with E-state index in [4.69, 9.17) is 10.2 Å². The molecule has 0 saturated heterocycles. The Balaban J connectivity index is 2.17. The standard InChI is InChI=1S/C16H19NO4/c18-10-9-17(14-5-2-6-14)16(21)13-4-1-3-12(11-13)7-8-15(19)20/h1,3-4,7-8,11,14,18H,2,5-6,9-10H2,(H,19,20)/b8-7+. The Bertz CT molecular complexity index is 549. The topological polar surface area (TPSA) is 77.8 Å². The van der Waals surface area contributed by atoms with Gasteiger partial charge in [-0.05, 0) is 43.0 Å². The molecular weight excluding hydrogens is 270 g/mol. The SMILES string of the molecule is O=C(O)/C=C/c1cccc(C(=O)N(CCO)C2CCC2)c1. The molecule has 112 valence electrons. The van der Waals surface area contributed by atoms with Gasteiger partial charge in [-0.2, -0.15) is 0 Å². The summed E-state index contributed by atoms with van der Waals surface area (Å²) in [5, 5.41) is 17.8. The molecule has 1 aliphatic carbocycles. The zero-order valence-corrected chi connectivity index (χ0v) is 11.7. The van der Waals surface area contributed by atoms with Gasteiger partial charge in [-0.25, -0.2) is 4.79 Å². The van der Waals surface area contributed by atoms with Gasteiger partial charge in [0.15, 0.2) is 0 Å². The summed E-state index contributed by atoms with van der Waals surface area (Å²) in [6.45, 7) is 0.277. The Labute approximate surface area is 123 Å². The van der Waals surface area contributed by atoms with Crippen molar-refractivity contribution in [1.29, 1.82) is 0 Å². The molecule has 1 aliphatic rings. The molecule has 0 aromatic heterocycles. The van der Waals surface area contributed by atoms with Crippen molar-refractivity contribution in [2.45, 2.75) is 25.3 Å². The summed E-state index contributed by atoms with van der Waals surface area (Å²) in [4.78, 5) is 24.8. The average molecular weight is 289 g/mol. The van der Waals surface area contributed by atoms with Gasteiger partial charge in [0.2, 0.25) is 0 Å². The zero-order valence-electron chi connectivity index (χ0n) is 11.7. The van der Waals surface area contributed by atoms with Gasteiger partial charge in [0.25, 0.3) is 5.91 Å². The summed E-state index contributed by atoms with van der Waals surface area (Å²) in [6, 6.07) is 7.07. The average Bonchev–Trinajstić information content (AvgIpc) is 2.42. The summed E-state index contributed by atoms with van der Waals surface area (Å²) >= 11 is 0. The highest BCUT2D eigenvalue weighted by molar-refractivity contribution is 5.95. The van der Waals surface area contributed by atoms with E-state index >= 15 is 0 Å². The molecule has 0 bridgehead atoms. The predicted molar refractivity (Wildman–Crippen MR) is 78.9 cm³/mol. The normalized spacial score (nSPS) is 14.9. The number of amides is 1. The van der Waals surface area contributed by atoms with Gasteiger partial charge in [0, 0.05) is 24.2 Å². The number of carbonyl (C=O) groups is 2. The van der Waals surface area contributed by atoms with Crippen LogP contribution in [0.4, 0.5) is 0 Å². The molecule has 1 aromatic rings. The number of carbonyl (C=O) groups excluding carboxylic acids is 1. The lowest BCUT2D eigenvalue weighted by molar-refractivity contribution is -0.131. The molecule has 5 heteroatoms. The van der Waals surface area contributed by atoms with Crippen LogP contribution in [0.25, 0.3) is 6.08 Å². The van der Waals surface area contributed by atoms with Crippen molar-refractivity contribution in [2.75, 3.05) is 13.2 Å².